The Labute approximate surface area is 103 Å². The Hall–Kier alpha value is -0.940. The first-order valence-electron chi connectivity index (χ1n) is 6.02. The maximum absolute atomic E-state index is 6.06. The van der Waals surface area contributed by atoms with E-state index in [1.807, 2.05) is 20.8 Å². The molecule has 98 valence electrons. The van der Waals surface area contributed by atoms with Crippen LogP contribution in [0, 0.1) is 5.41 Å². The summed E-state index contributed by atoms with van der Waals surface area (Å²) in [5, 5.41) is 3.95. The minimum atomic E-state index is -0.261. The van der Waals surface area contributed by atoms with Crippen molar-refractivity contribution in [1.29, 1.82) is 0 Å². The third kappa shape index (κ3) is 3.51. The second-order valence-corrected chi connectivity index (χ2v) is 5.35. The van der Waals surface area contributed by atoms with E-state index in [0.717, 1.165) is 12.8 Å². The van der Waals surface area contributed by atoms with Crippen molar-refractivity contribution >= 4 is 0 Å². The lowest BCUT2D eigenvalue weighted by atomic mass is 9.87. The van der Waals surface area contributed by atoms with Crippen LogP contribution in [0.4, 0.5) is 0 Å². The van der Waals surface area contributed by atoms with Gasteiger partial charge in [-0.05, 0) is 11.8 Å². The zero-order chi connectivity index (χ0) is 13.1. The van der Waals surface area contributed by atoms with Crippen molar-refractivity contribution in [3.63, 3.8) is 0 Å². The predicted octanol–water partition coefficient (Wildman–Crippen LogP) is 2.60. The highest BCUT2D eigenvalue weighted by molar-refractivity contribution is 4.98. The van der Waals surface area contributed by atoms with Crippen LogP contribution in [-0.2, 0) is 4.74 Å². The third-order valence-electron chi connectivity index (χ3n) is 2.78. The topological polar surface area (TPSA) is 74.2 Å². The van der Waals surface area contributed by atoms with Crippen LogP contribution in [0.15, 0.2) is 4.52 Å². The van der Waals surface area contributed by atoms with Crippen molar-refractivity contribution < 1.29 is 9.26 Å². The molecule has 1 heterocycles. The number of aromatic nitrogens is 2. The summed E-state index contributed by atoms with van der Waals surface area (Å²) in [5.74, 6) is 1.06. The van der Waals surface area contributed by atoms with E-state index in [0.29, 0.717) is 11.7 Å². The van der Waals surface area contributed by atoms with E-state index >= 15 is 0 Å². The Morgan fingerprint density at radius 3 is 2.53 bits per heavy atom. The summed E-state index contributed by atoms with van der Waals surface area (Å²) in [5.41, 5.74) is 5.96. The Kier molecular flexibility index (Phi) is 4.65. The number of hydrogen-bond donors (Lipinski definition) is 1. The zero-order valence-electron chi connectivity index (χ0n) is 11.4. The summed E-state index contributed by atoms with van der Waals surface area (Å²) in [7, 11) is 1.65. The van der Waals surface area contributed by atoms with Crippen LogP contribution >= 0.6 is 0 Å². The summed E-state index contributed by atoms with van der Waals surface area (Å²) in [6, 6.07) is -0.261. The first-order valence-corrected chi connectivity index (χ1v) is 6.02. The highest BCUT2D eigenvalue weighted by atomic mass is 16.5. The summed E-state index contributed by atoms with van der Waals surface area (Å²) < 4.78 is 10.5. The van der Waals surface area contributed by atoms with Crippen LogP contribution in [0.2, 0.25) is 0 Å². The molecule has 0 aliphatic heterocycles. The van der Waals surface area contributed by atoms with Crippen LogP contribution < -0.4 is 5.73 Å². The smallest absolute Gasteiger partial charge is 0.244 e. The van der Waals surface area contributed by atoms with Crippen LogP contribution in [-0.4, -0.2) is 17.3 Å². The van der Waals surface area contributed by atoms with E-state index in [4.69, 9.17) is 15.0 Å². The number of methoxy groups -OCH3 is 1. The molecule has 2 N–H and O–H groups in total. The van der Waals surface area contributed by atoms with Gasteiger partial charge in [0.2, 0.25) is 11.7 Å². The van der Waals surface area contributed by atoms with E-state index in [9.17, 15) is 0 Å². The lowest BCUT2D eigenvalue weighted by molar-refractivity contribution is 0.0854. The van der Waals surface area contributed by atoms with Crippen molar-refractivity contribution in [2.24, 2.45) is 11.1 Å². The van der Waals surface area contributed by atoms with Gasteiger partial charge in [0, 0.05) is 7.11 Å². The van der Waals surface area contributed by atoms with Gasteiger partial charge in [-0.2, -0.15) is 4.98 Å². The van der Waals surface area contributed by atoms with Crippen molar-refractivity contribution in [2.45, 2.75) is 52.7 Å². The molecule has 0 aliphatic rings. The lowest BCUT2D eigenvalue weighted by Crippen LogP contribution is -2.26. The van der Waals surface area contributed by atoms with Gasteiger partial charge in [0.15, 0.2) is 0 Å². The molecule has 1 aromatic heterocycles. The highest BCUT2D eigenvalue weighted by Crippen LogP contribution is 2.30. The average molecular weight is 241 g/mol. The summed E-state index contributed by atoms with van der Waals surface area (Å²) in [6.07, 6.45) is 1.78. The van der Waals surface area contributed by atoms with Crippen molar-refractivity contribution in [3.05, 3.63) is 11.7 Å². The molecule has 5 nitrogen and oxygen atoms in total. The summed E-state index contributed by atoms with van der Waals surface area (Å²) in [4.78, 5) is 4.34. The minimum absolute atomic E-state index is 0.100. The van der Waals surface area contributed by atoms with E-state index in [1.54, 1.807) is 7.11 Å². The molecule has 0 aliphatic carbocycles. The molecule has 0 radical (unpaired) electrons. The summed E-state index contributed by atoms with van der Waals surface area (Å²) in [6.45, 7) is 8.22. The Balaban J connectivity index is 2.83. The molecule has 17 heavy (non-hydrogen) atoms. The molecular weight excluding hydrogens is 218 g/mol. The van der Waals surface area contributed by atoms with Crippen LogP contribution in [0.5, 0.6) is 0 Å². The van der Waals surface area contributed by atoms with E-state index in [1.165, 1.54) is 0 Å². The predicted molar refractivity (Wildman–Crippen MR) is 65.3 cm³/mol. The second kappa shape index (κ2) is 5.60. The monoisotopic (exact) mass is 241 g/mol. The number of rotatable bonds is 5. The molecular formula is C12H23N3O2. The van der Waals surface area contributed by atoms with Gasteiger partial charge in [-0.15, -0.1) is 0 Å². The molecule has 0 amide bonds. The Morgan fingerprint density at radius 1 is 1.41 bits per heavy atom. The van der Waals surface area contributed by atoms with Gasteiger partial charge in [0.25, 0.3) is 0 Å². The van der Waals surface area contributed by atoms with Gasteiger partial charge in [0.1, 0.15) is 6.10 Å². The molecule has 1 rings (SSSR count). The van der Waals surface area contributed by atoms with Crippen LogP contribution in [0.3, 0.4) is 0 Å². The fourth-order valence-corrected chi connectivity index (χ4v) is 1.49. The zero-order valence-corrected chi connectivity index (χ0v) is 11.4. The van der Waals surface area contributed by atoms with E-state index in [2.05, 4.69) is 17.1 Å². The molecule has 5 heteroatoms. The van der Waals surface area contributed by atoms with Gasteiger partial charge in [-0.3, -0.25) is 0 Å². The van der Waals surface area contributed by atoms with Gasteiger partial charge >= 0.3 is 0 Å². The molecule has 1 unspecified atom stereocenters. The number of ether oxygens (including phenoxy) is 1. The lowest BCUT2D eigenvalue weighted by Gasteiger charge is -2.23. The Morgan fingerprint density at radius 2 is 2.06 bits per heavy atom. The van der Waals surface area contributed by atoms with Crippen molar-refractivity contribution in [1.82, 2.24) is 10.1 Å². The standard InChI is InChI=1S/C12H23N3O2/c1-6-7-8(16-5)10-14-11(17-15-10)9(13)12(2,3)4/h8-9H,6-7,13H2,1-5H3/t8?,9-/m0/s1. The second-order valence-electron chi connectivity index (χ2n) is 5.35. The molecule has 2 atom stereocenters. The first-order chi connectivity index (χ1) is 7.90. The fourth-order valence-electron chi connectivity index (χ4n) is 1.49. The maximum atomic E-state index is 6.06. The third-order valence-corrected chi connectivity index (χ3v) is 2.78. The molecule has 0 saturated heterocycles. The normalized spacial score (nSPS) is 15.9. The van der Waals surface area contributed by atoms with Gasteiger partial charge in [-0.25, -0.2) is 0 Å². The maximum Gasteiger partial charge on any atom is 0.244 e. The minimum Gasteiger partial charge on any atom is -0.373 e. The number of hydrogen-bond acceptors (Lipinski definition) is 5. The molecule has 0 fully saturated rings. The Bertz CT molecular complexity index is 344. The first kappa shape index (κ1) is 14.1. The molecule has 0 saturated carbocycles. The van der Waals surface area contributed by atoms with Crippen molar-refractivity contribution in [2.75, 3.05) is 7.11 Å². The molecule has 1 aromatic rings. The van der Waals surface area contributed by atoms with Crippen LogP contribution in [0.1, 0.15) is 64.4 Å². The van der Waals surface area contributed by atoms with Gasteiger partial charge in [-0.1, -0.05) is 39.3 Å². The van der Waals surface area contributed by atoms with Crippen LogP contribution in [0.25, 0.3) is 0 Å². The fraction of sp³-hybridized carbons (Fsp3) is 0.833. The summed E-state index contributed by atoms with van der Waals surface area (Å²) >= 11 is 0. The largest absolute Gasteiger partial charge is 0.373 e. The van der Waals surface area contributed by atoms with E-state index in [-0.39, 0.29) is 17.6 Å². The van der Waals surface area contributed by atoms with Gasteiger partial charge in [0.05, 0.1) is 6.04 Å². The molecule has 0 bridgehead atoms. The average Bonchev–Trinajstić information content (AvgIpc) is 2.72. The molecule has 0 aromatic carbocycles. The quantitative estimate of drug-likeness (QED) is 0.857. The number of nitrogens with zero attached hydrogens (tertiary/aromatic N) is 2. The highest BCUT2D eigenvalue weighted by Gasteiger charge is 2.28. The van der Waals surface area contributed by atoms with Gasteiger partial charge < -0.3 is 15.0 Å². The molecule has 0 spiro atoms. The SMILES string of the molecule is CCCC(OC)c1noc([C@H](N)C(C)(C)C)n1. The van der Waals surface area contributed by atoms with Crippen molar-refractivity contribution in [3.8, 4) is 0 Å². The van der Waals surface area contributed by atoms with E-state index < -0.39 is 0 Å². The number of nitrogens with two attached hydrogens (primary N) is 1.